The van der Waals surface area contributed by atoms with Gasteiger partial charge in [-0.05, 0) is 101 Å². The maximum Gasteiger partial charge on any atom is 0.408 e. The Morgan fingerprint density at radius 2 is 1.79 bits per heavy atom. The van der Waals surface area contributed by atoms with Crippen LogP contribution < -0.4 is 24.8 Å². The zero-order valence-electron chi connectivity index (χ0n) is 32.5. The minimum atomic E-state index is -3.90. The van der Waals surface area contributed by atoms with Gasteiger partial charge in [0, 0.05) is 29.4 Å². The summed E-state index contributed by atoms with van der Waals surface area (Å²) in [5.74, 6) is -1.35. The molecule has 1 aromatic carbocycles. The Bertz CT molecular complexity index is 2060. The van der Waals surface area contributed by atoms with Crippen molar-refractivity contribution in [3.63, 3.8) is 0 Å². The van der Waals surface area contributed by atoms with E-state index in [0.717, 1.165) is 75.2 Å². The van der Waals surface area contributed by atoms with Gasteiger partial charge in [0.2, 0.25) is 27.7 Å². The zero-order chi connectivity index (χ0) is 39.9. The average molecular weight is 804 g/mol. The van der Waals surface area contributed by atoms with E-state index in [1.54, 1.807) is 7.11 Å². The molecule has 7 atom stereocenters. The number of ether oxygens (including phenoxy) is 3. The first-order valence-electron chi connectivity index (χ1n) is 20.6. The Morgan fingerprint density at radius 1 is 1.02 bits per heavy atom. The van der Waals surface area contributed by atoms with E-state index >= 15 is 0 Å². The number of carbonyl (C=O) groups is 4. The molecule has 1 aromatic heterocycles. The molecular formula is C42H53N5O9S. The van der Waals surface area contributed by atoms with Gasteiger partial charge in [0.25, 0.3) is 5.91 Å². The quantitative estimate of drug-likeness (QED) is 0.310. The third-order valence-electron chi connectivity index (χ3n) is 12.9. The van der Waals surface area contributed by atoms with E-state index in [0.29, 0.717) is 30.0 Å². The Hall–Kier alpha value is -4.66. The molecule has 2 aliphatic heterocycles. The first-order valence-corrected chi connectivity index (χ1v) is 22.1. The summed E-state index contributed by atoms with van der Waals surface area (Å²) in [5, 5.41) is 6.06. The van der Waals surface area contributed by atoms with Gasteiger partial charge in [-0.15, -0.1) is 6.58 Å². The molecule has 6 aliphatic rings. The second kappa shape index (κ2) is 15.9. The van der Waals surface area contributed by atoms with Gasteiger partial charge in [-0.3, -0.25) is 19.1 Å². The first-order chi connectivity index (χ1) is 27.5. The number of rotatable bonds is 8. The summed E-state index contributed by atoms with van der Waals surface area (Å²) < 4.78 is 46.0. The van der Waals surface area contributed by atoms with Crippen LogP contribution in [0.4, 0.5) is 4.79 Å². The molecule has 8 rings (SSSR count). The Kier molecular flexibility index (Phi) is 11.0. The number of sulfonamides is 1. The summed E-state index contributed by atoms with van der Waals surface area (Å²) in [4.78, 5) is 63.0. The monoisotopic (exact) mass is 803 g/mol. The second-order valence-corrected chi connectivity index (χ2v) is 18.7. The number of nitrogens with one attached hydrogen (secondary N) is 3. The lowest BCUT2D eigenvalue weighted by Crippen LogP contribution is -2.59. The van der Waals surface area contributed by atoms with Gasteiger partial charge in [0.05, 0.1) is 24.4 Å². The van der Waals surface area contributed by atoms with Crippen molar-refractivity contribution in [1.82, 2.24) is 25.2 Å². The van der Waals surface area contributed by atoms with Crippen LogP contribution in [-0.2, 0) is 29.1 Å². The van der Waals surface area contributed by atoms with Crippen LogP contribution in [-0.4, -0.2) is 90.9 Å². The van der Waals surface area contributed by atoms with Gasteiger partial charge >= 0.3 is 6.09 Å². The van der Waals surface area contributed by atoms with E-state index < -0.39 is 68.7 Å². The van der Waals surface area contributed by atoms with Gasteiger partial charge in [-0.2, -0.15) is 0 Å². The lowest BCUT2D eigenvalue weighted by atomic mass is 9.96. The fraction of sp³-hybridized carbons (Fsp3) is 0.595. The van der Waals surface area contributed by atoms with E-state index in [1.807, 2.05) is 30.3 Å². The summed E-state index contributed by atoms with van der Waals surface area (Å²) in [6, 6.07) is 5.58. The fourth-order valence-corrected chi connectivity index (χ4v) is 10.7. The van der Waals surface area contributed by atoms with Gasteiger partial charge in [0.15, 0.2) is 0 Å². The van der Waals surface area contributed by atoms with Crippen LogP contribution in [0.25, 0.3) is 17.0 Å². The number of hydrogen-bond acceptors (Lipinski definition) is 10. The number of benzene rings is 1. The Labute approximate surface area is 333 Å². The highest BCUT2D eigenvalue weighted by atomic mass is 32.2. The van der Waals surface area contributed by atoms with Crippen molar-refractivity contribution in [2.75, 3.05) is 13.7 Å². The maximum atomic E-state index is 14.9. The molecule has 4 saturated carbocycles. The first kappa shape index (κ1) is 39.2. The minimum Gasteiger partial charge on any atom is -0.497 e. The SMILES string of the molecule is C=C[C@H]1C[C@]1(NC(=O)[C@@H]1C[C@@H]2CN1C(=O)[C@H](C1CCCC1)NC(=O)O[C@@H]1CCC[C@H]1CCC/C=C/c1cc3ccc(OC)cc3nc1O2)C(=O)NS(=O)(=O)C1CC1. The molecule has 0 spiro atoms. The fourth-order valence-electron chi connectivity index (χ4n) is 9.38. The van der Waals surface area contributed by atoms with Crippen molar-refractivity contribution in [1.29, 1.82) is 0 Å². The molecule has 14 nitrogen and oxygen atoms in total. The maximum absolute atomic E-state index is 14.9. The van der Waals surface area contributed by atoms with Crippen molar-refractivity contribution < 1.29 is 41.8 Å². The molecular weight excluding hydrogens is 751 g/mol. The number of hydrogen-bond donors (Lipinski definition) is 3. The predicted molar refractivity (Wildman–Crippen MR) is 211 cm³/mol. The average Bonchev–Trinajstić information content (AvgIpc) is 3.98. The number of alkyl carbamates (subject to hydrolysis) is 1. The molecule has 5 fully saturated rings. The van der Waals surface area contributed by atoms with Gasteiger partial charge in [-0.1, -0.05) is 31.1 Å². The molecule has 0 radical (unpaired) electrons. The number of nitrogens with zero attached hydrogens (tertiary/aromatic N) is 2. The zero-order valence-corrected chi connectivity index (χ0v) is 33.3. The number of allylic oxidation sites excluding steroid dienone is 1. The van der Waals surface area contributed by atoms with Crippen LogP contribution in [0.5, 0.6) is 11.6 Å². The number of pyridine rings is 1. The highest BCUT2D eigenvalue weighted by Crippen LogP contribution is 2.46. The molecule has 306 valence electrons. The summed E-state index contributed by atoms with van der Waals surface area (Å²) in [6.45, 7) is 3.82. The standard InChI is InChI=1S/C42H53N5O9S/c1-3-29-23-42(29,40(50)46-57(52,53)32-18-19-32)45-37(48)34-22-31-24-47(34)39(49)36(26-11-7-8-12-26)44-41(51)56-35-15-9-14-25(35)10-5-4-6-13-28-20-27-16-17-30(54-2)21-33(27)43-38(28)55-31/h3,6,13,16-17,20-21,25-26,29,31-32,34-36H,1,4-5,7-12,14-15,18-19,22-24H2,2H3,(H,44,51)(H,45,48)(H,46,50)/b13-6+/t25-,29+,31-,34+,35-,36+,42-/m1/s1. The van der Waals surface area contributed by atoms with E-state index in [1.165, 1.54) is 11.0 Å². The molecule has 3 heterocycles. The van der Waals surface area contributed by atoms with Crippen molar-refractivity contribution in [2.45, 2.75) is 125 Å². The molecule has 2 bridgehead atoms. The van der Waals surface area contributed by atoms with Crippen molar-refractivity contribution in [3.05, 3.63) is 48.6 Å². The molecule has 3 N–H and O–H groups in total. The number of methoxy groups -OCH3 is 1. The van der Waals surface area contributed by atoms with Gasteiger partial charge in [0.1, 0.15) is 35.6 Å². The highest BCUT2D eigenvalue weighted by Gasteiger charge is 2.62. The molecule has 4 amide bonds. The molecule has 0 unspecified atom stereocenters. The lowest BCUT2D eigenvalue weighted by molar-refractivity contribution is -0.142. The number of fused-ring (bicyclic) bond motifs is 5. The van der Waals surface area contributed by atoms with Crippen LogP contribution in [0.2, 0.25) is 0 Å². The molecule has 4 aliphatic carbocycles. The van der Waals surface area contributed by atoms with Crippen LogP contribution in [0.3, 0.4) is 0 Å². The summed E-state index contributed by atoms with van der Waals surface area (Å²) in [7, 11) is -2.31. The smallest absolute Gasteiger partial charge is 0.408 e. The van der Waals surface area contributed by atoms with E-state index in [4.69, 9.17) is 19.2 Å². The molecule has 2 aromatic rings. The topological polar surface area (TPSA) is 182 Å². The van der Waals surface area contributed by atoms with Crippen LogP contribution >= 0.6 is 0 Å². The van der Waals surface area contributed by atoms with Crippen LogP contribution in [0.15, 0.2) is 43.0 Å². The van der Waals surface area contributed by atoms with Crippen LogP contribution in [0, 0.1) is 17.8 Å². The predicted octanol–water partition coefficient (Wildman–Crippen LogP) is 4.91. The number of aromatic nitrogens is 1. The number of amides is 4. The van der Waals surface area contributed by atoms with Crippen molar-refractivity contribution >= 4 is 50.8 Å². The number of carbonyl (C=O) groups excluding carboxylic acids is 4. The van der Waals surface area contributed by atoms with E-state index in [9.17, 15) is 27.6 Å². The Balaban J connectivity index is 1.14. The molecule has 15 heteroatoms. The van der Waals surface area contributed by atoms with Crippen LogP contribution in [0.1, 0.15) is 95.5 Å². The van der Waals surface area contributed by atoms with Gasteiger partial charge in [-0.25, -0.2) is 18.2 Å². The van der Waals surface area contributed by atoms with Crippen molar-refractivity contribution in [3.8, 4) is 11.6 Å². The summed E-state index contributed by atoms with van der Waals surface area (Å²) in [6.07, 6.45) is 13.8. The summed E-state index contributed by atoms with van der Waals surface area (Å²) >= 11 is 0. The third-order valence-corrected chi connectivity index (χ3v) is 14.7. The Morgan fingerprint density at radius 3 is 2.53 bits per heavy atom. The largest absolute Gasteiger partial charge is 0.497 e. The normalized spacial score (nSPS) is 31.4. The van der Waals surface area contributed by atoms with Crippen molar-refractivity contribution in [2.24, 2.45) is 17.8 Å². The van der Waals surface area contributed by atoms with E-state index in [2.05, 4.69) is 28.0 Å². The second-order valence-electron chi connectivity index (χ2n) is 16.7. The third kappa shape index (κ3) is 8.22. The minimum absolute atomic E-state index is 0.00267. The summed E-state index contributed by atoms with van der Waals surface area (Å²) in [5.41, 5.74) is -0.141. The molecule has 57 heavy (non-hydrogen) atoms. The van der Waals surface area contributed by atoms with Gasteiger partial charge < -0.3 is 29.7 Å². The molecule has 1 saturated heterocycles. The van der Waals surface area contributed by atoms with E-state index in [-0.39, 0.29) is 37.3 Å². The lowest BCUT2D eigenvalue weighted by Gasteiger charge is -2.32. The highest BCUT2D eigenvalue weighted by molar-refractivity contribution is 7.91.